The van der Waals surface area contributed by atoms with Gasteiger partial charge in [0.1, 0.15) is 17.9 Å². The van der Waals surface area contributed by atoms with Crippen LogP contribution in [0.4, 0.5) is 0 Å². The van der Waals surface area contributed by atoms with Crippen LogP contribution in [-0.4, -0.2) is 20.7 Å². The molecule has 118 valence electrons. The number of furan rings is 1. The van der Waals surface area contributed by atoms with Gasteiger partial charge < -0.3 is 9.73 Å². The van der Waals surface area contributed by atoms with Gasteiger partial charge in [-0.25, -0.2) is 4.98 Å². The number of halogens is 1. The number of aromatic nitrogens is 3. The Morgan fingerprint density at radius 1 is 1.30 bits per heavy atom. The molecule has 1 N–H and O–H groups in total. The Bertz CT molecular complexity index is 840. The fourth-order valence-corrected chi connectivity index (χ4v) is 2.52. The molecule has 3 rings (SSSR count). The highest BCUT2D eigenvalue weighted by Crippen LogP contribution is 2.29. The summed E-state index contributed by atoms with van der Waals surface area (Å²) in [6, 6.07) is 10.4. The summed E-state index contributed by atoms with van der Waals surface area (Å²) in [4.78, 5) is 16.4. The zero-order valence-corrected chi connectivity index (χ0v) is 13.4. The lowest BCUT2D eigenvalue weighted by molar-refractivity contribution is 0.0910. The Labute approximate surface area is 138 Å². The molecule has 1 aromatic carbocycles. The van der Waals surface area contributed by atoms with Crippen LogP contribution in [0, 0.1) is 0 Å². The van der Waals surface area contributed by atoms with Crippen molar-refractivity contribution in [1.29, 1.82) is 0 Å². The van der Waals surface area contributed by atoms with E-state index in [1.165, 1.54) is 6.33 Å². The van der Waals surface area contributed by atoms with Crippen LogP contribution >= 0.6 is 11.6 Å². The molecular formula is C16H15ClN4O2. The minimum absolute atomic E-state index is 0.217. The number of hydrogen-bond acceptors (Lipinski definition) is 4. The zero-order chi connectivity index (χ0) is 16.4. The predicted octanol–water partition coefficient (Wildman–Crippen LogP) is 3.22. The fraction of sp³-hybridized carbons (Fsp3) is 0.188. The highest BCUT2D eigenvalue weighted by molar-refractivity contribution is 6.33. The largest absolute Gasteiger partial charge is 0.451 e. The third-order valence-corrected chi connectivity index (χ3v) is 3.78. The average molecular weight is 331 g/mol. The molecule has 0 bridgehead atoms. The first-order valence-electron chi connectivity index (χ1n) is 7.05. The third kappa shape index (κ3) is 3.12. The van der Waals surface area contributed by atoms with Crippen molar-refractivity contribution in [2.45, 2.75) is 13.0 Å². The lowest BCUT2D eigenvalue weighted by Crippen LogP contribution is -2.28. The summed E-state index contributed by atoms with van der Waals surface area (Å²) >= 11 is 6.14. The van der Waals surface area contributed by atoms with Crippen molar-refractivity contribution in [3.63, 3.8) is 0 Å². The van der Waals surface area contributed by atoms with Crippen LogP contribution in [0.25, 0.3) is 11.3 Å². The first-order valence-corrected chi connectivity index (χ1v) is 7.43. The number of carbonyl (C=O) groups is 1. The molecule has 0 unspecified atom stereocenters. The number of benzene rings is 1. The molecule has 0 radical (unpaired) electrons. The van der Waals surface area contributed by atoms with E-state index >= 15 is 0 Å². The molecule has 23 heavy (non-hydrogen) atoms. The molecule has 0 saturated heterocycles. The standard InChI is InChI=1S/C16H15ClN4O2/c1-10(15-18-9-19-21(15)2)20-16(22)14-8-7-13(23-14)11-5-3-4-6-12(11)17/h3-10H,1-2H3,(H,20,22)/t10-/m1/s1. The second-order valence-electron chi connectivity index (χ2n) is 5.08. The number of aryl methyl sites for hydroxylation is 1. The Kier molecular flexibility index (Phi) is 4.16. The van der Waals surface area contributed by atoms with Crippen molar-refractivity contribution in [1.82, 2.24) is 20.1 Å². The molecule has 3 aromatic rings. The van der Waals surface area contributed by atoms with Gasteiger partial charge in [-0.1, -0.05) is 23.7 Å². The van der Waals surface area contributed by atoms with Crippen molar-refractivity contribution in [2.75, 3.05) is 0 Å². The van der Waals surface area contributed by atoms with Gasteiger partial charge in [0, 0.05) is 12.6 Å². The molecule has 6 nitrogen and oxygen atoms in total. The van der Waals surface area contributed by atoms with E-state index < -0.39 is 0 Å². The SMILES string of the molecule is C[C@@H](NC(=O)c1ccc(-c2ccccc2Cl)o1)c1ncnn1C. The van der Waals surface area contributed by atoms with E-state index in [0.29, 0.717) is 16.6 Å². The molecule has 1 atom stereocenters. The maximum atomic E-state index is 12.3. The minimum atomic E-state index is -0.321. The van der Waals surface area contributed by atoms with Gasteiger partial charge >= 0.3 is 0 Å². The van der Waals surface area contributed by atoms with E-state index in [4.69, 9.17) is 16.0 Å². The first-order chi connectivity index (χ1) is 11.1. The molecule has 0 fully saturated rings. The number of rotatable bonds is 4. The molecule has 1 amide bonds. The van der Waals surface area contributed by atoms with Crippen LogP contribution in [0.2, 0.25) is 5.02 Å². The fourth-order valence-electron chi connectivity index (χ4n) is 2.30. The van der Waals surface area contributed by atoms with Gasteiger partial charge in [0.2, 0.25) is 0 Å². The van der Waals surface area contributed by atoms with E-state index in [1.54, 1.807) is 29.9 Å². The average Bonchev–Trinajstić information content (AvgIpc) is 3.16. The Hall–Kier alpha value is -2.60. The lowest BCUT2D eigenvalue weighted by Gasteiger charge is -2.11. The molecule has 7 heteroatoms. The zero-order valence-electron chi connectivity index (χ0n) is 12.7. The van der Waals surface area contributed by atoms with E-state index in [0.717, 1.165) is 5.56 Å². The Balaban J connectivity index is 1.77. The Morgan fingerprint density at radius 3 is 2.78 bits per heavy atom. The van der Waals surface area contributed by atoms with Gasteiger partial charge in [-0.2, -0.15) is 5.10 Å². The van der Waals surface area contributed by atoms with Crippen molar-refractivity contribution in [2.24, 2.45) is 7.05 Å². The van der Waals surface area contributed by atoms with Gasteiger partial charge in [-0.3, -0.25) is 9.48 Å². The molecule has 0 spiro atoms. The summed E-state index contributed by atoms with van der Waals surface area (Å²) in [6.45, 7) is 1.83. The number of amides is 1. The number of carbonyl (C=O) groups excluding carboxylic acids is 1. The molecular weight excluding hydrogens is 316 g/mol. The van der Waals surface area contributed by atoms with Gasteiger partial charge in [0.25, 0.3) is 5.91 Å². The topological polar surface area (TPSA) is 73.0 Å². The summed E-state index contributed by atoms with van der Waals surface area (Å²) in [5.74, 6) is 1.11. The van der Waals surface area contributed by atoms with E-state index in [1.807, 2.05) is 25.1 Å². The van der Waals surface area contributed by atoms with E-state index in [9.17, 15) is 4.79 Å². The van der Waals surface area contributed by atoms with Crippen LogP contribution < -0.4 is 5.32 Å². The normalized spacial score (nSPS) is 12.1. The summed E-state index contributed by atoms with van der Waals surface area (Å²) in [5.41, 5.74) is 0.745. The molecule has 0 aliphatic heterocycles. The third-order valence-electron chi connectivity index (χ3n) is 3.45. The lowest BCUT2D eigenvalue weighted by atomic mass is 10.2. The van der Waals surface area contributed by atoms with E-state index in [2.05, 4.69) is 15.4 Å². The number of hydrogen-bond donors (Lipinski definition) is 1. The summed E-state index contributed by atoms with van der Waals surface area (Å²) in [6.07, 6.45) is 1.44. The second kappa shape index (κ2) is 6.26. The van der Waals surface area contributed by atoms with Crippen molar-refractivity contribution >= 4 is 17.5 Å². The van der Waals surface area contributed by atoms with Crippen molar-refractivity contribution < 1.29 is 9.21 Å². The monoisotopic (exact) mass is 330 g/mol. The highest BCUT2D eigenvalue weighted by Gasteiger charge is 2.18. The quantitative estimate of drug-likeness (QED) is 0.797. The maximum absolute atomic E-state index is 12.3. The molecule has 0 aliphatic rings. The smallest absolute Gasteiger partial charge is 0.287 e. The van der Waals surface area contributed by atoms with Crippen LogP contribution in [0.3, 0.4) is 0 Å². The van der Waals surface area contributed by atoms with E-state index in [-0.39, 0.29) is 17.7 Å². The van der Waals surface area contributed by atoms with Gasteiger partial charge in [-0.15, -0.1) is 0 Å². The van der Waals surface area contributed by atoms with Crippen LogP contribution in [0.5, 0.6) is 0 Å². The van der Waals surface area contributed by atoms with Gasteiger partial charge in [0.05, 0.1) is 11.1 Å². The molecule has 2 aromatic heterocycles. The molecule has 0 saturated carbocycles. The predicted molar refractivity (Wildman–Crippen MR) is 86.0 cm³/mol. The van der Waals surface area contributed by atoms with Crippen LogP contribution in [0.15, 0.2) is 47.1 Å². The summed E-state index contributed by atoms with van der Waals surface area (Å²) in [5, 5.41) is 7.39. The van der Waals surface area contributed by atoms with Crippen LogP contribution in [-0.2, 0) is 7.05 Å². The first kappa shape index (κ1) is 15.3. The summed E-state index contributed by atoms with van der Waals surface area (Å²) in [7, 11) is 1.77. The number of nitrogens with zero attached hydrogens (tertiary/aromatic N) is 3. The molecule has 0 aliphatic carbocycles. The second-order valence-corrected chi connectivity index (χ2v) is 5.49. The van der Waals surface area contributed by atoms with Crippen molar-refractivity contribution in [3.8, 4) is 11.3 Å². The van der Waals surface area contributed by atoms with Gasteiger partial charge in [0.15, 0.2) is 5.76 Å². The van der Waals surface area contributed by atoms with Gasteiger partial charge in [-0.05, 0) is 31.2 Å². The number of nitrogens with one attached hydrogen (secondary N) is 1. The van der Waals surface area contributed by atoms with Crippen molar-refractivity contribution in [3.05, 3.63) is 59.3 Å². The Morgan fingerprint density at radius 2 is 2.09 bits per heavy atom. The summed E-state index contributed by atoms with van der Waals surface area (Å²) < 4.78 is 7.23. The molecule has 2 heterocycles. The highest BCUT2D eigenvalue weighted by atomic mass is 35.5. The maximum Gasteiger partial charge on any atom is 0.287 e. The minimum Gasteiger partial charge on any atom is -0.451 e. The van der Waals surface area contributed by atoms with Crippen LogP contribution in [0.1, 0.15) is 29.3 Å².